The molecule has 0 unspecified atom stereocenters. The number of nitrogens with zero attached hydrogens (tertiary/aromatic N) is 2. The Morgan fingerprint density at radius 2 is 2.00 bits per heavy atom. The maximum absolute atomic E-state index is 12.4. The predicted molar refractivity (Wildman–Crippen MR) is 86.1 cm³/mol. The molecule has 2 aliphatic heterocycles. The molecule has 0 aromatic carbocycles. The fraction of sp³-hybridized carbons (Fsp3) is 0.812. The van der Waals surface area contributed by atoms with E-state index in [4.69, 9.17) is 9.47 Å². The molecule has 2 fully saturated rings. The van der Waals surface area contributed by atoms with Crippen LogP contribution in [0.3, 0.4) is 0 Å². The van der Waals surface area contributed by atoms with Crippen molar-refractivity contribution in [3.8, 4) is 0 Å². The van der Waals surface area contributed by atoms with Crippen molar-refractivity contribution in [1.82, 2.24) is 10.2 Å². The first-order valence-corrected chi connectivity index (χ1v) is 8.05. The van der Waals surface area contributed by atoms with Crippen molar-refractivity contribution in [2.75, 3.05) is 20.3 Å². The van der Waals surface area contributed by atoms with E-state index in [0.717, 1.165) is 12.8 Å². The van der Waals surface area contributed by atoms with Crippen LogP contribution >= 0.6 is 0 Å². The maximum Gasteiger partial charge on any atom is 0.437 e. The first-order chi connectivity index (χ1) is 10.6. The second-order valence-corrected chi connectivity index (χ2v) is 7.47. The van der Waals surface area contributed by atoms with Crippen molar-refractivity contribution in [3.63, 3.8) is 0 Å². The van der Waals surface area contributed by atoms with Crippen LogP contribution in [0.2, 0.25) is 0 Å². The highest BCUT2D eigenvalue weighted by atomic mass is 16.6. The van der Waals surface area contributed by atoms with E-state index in [2.05, 4.69) is 10.3 Å². The Bertz CT molecular complexity index is 506. The highest BCUT2D eigenvalue weighted by molar-refractivity contribution is 6.03. The zero-order chi connectivity index (χ0) is 17.3. The molecule has 130 valence electrons. The van der Waals surface area contributed by atoms with Gasteiger partial charge in [0, 0.05) is 25.8 Å². The van der Waals surface area contributed by atoms with Gasteiger partial charge in [0.2, 0.25) is 11.9 Å². The molecular weight excluding hydrogens is 298 g/mol. The largest absolute Gasteiger partial charge is 0.442 e. The van der Waals surface area contributed by atoms with E-state index in [9.17, 15) is 9.59 Å². The average molecular weight is 325 g/mol. The molecule has 2 amide bonds. The zero-order valence-corrected chi connectivity index (χ0v) is 14.6. The van der Waals surface area contributed by atoms with E-state index >= 15 is 0 Å². The lowest BCUT2D eigenvalue weighted by Crippen LogP contribution is -2.64. The zero-order valence-electron chi connectivity index (χ0n) is 14.6. The molecule has 0 aromatic heterocycles. The van der Waals surface area contributed by atoms with Crippen LogP contribution < -0.4 is 5.32 Å². The Kier molecular flexibility index (Phi) is 4.98. The van der Waals surface area contributed by atoms with Gasteiger partial charge >= 0.3 is 6.09 Å². The van der Waals surface area contributed by atoms with Crippen molar-refractivity contribution in [3.05, 3.63) is 0 Å². The summed E-state index contributed by atoms with van der Waals surface area (Å²) in [7, 11) is 1.61. The molecular formula is C16H27N3O4. The van der Waals surface area contributed by atoms with Gasteiger partial charge in [-0.15, -0.1) is 4.99 Å². The van der Waals surface area contributed by atoms with E-state index in [1.807, 2.05) is 6.92 Å². The fourth-order valence-corrected chi connectivity index (χ4v) is 2.99. The van der Waals surface area contributed by atoms with Gasteiger partial charge in [-0.05, 0) is 46.5 Å². The molecule has 0 aliphatic carbocycles. The number of carbonyl (C=O) groups excluding carboxylic acids is 2. The van der Waals surface area contributed by atoms with E-state index in [0.29, 0.717) is 25.6 Å². The number of aliphatic imine (C=N–C) groups is 1. The number of guanidine groups is 1. The van der Waals surface area contributed by atoms with Gasteiger partial charge < -0.3 is 14.8 Å². The summed E-state index contributed by atoms with van der Waals surface area (Å²) in [4.78, 5) is 29.7. The van der Waals surface area contributed by atoms with Crippen molar-refractivity contribution in [1.29, 1.82) is 0 Å². The average Bonchev–Trinajstić information content (AvgIpc) is 2.43. The third-order valence-corrected chi connectivity index (χ3v) is 4.32. The molecule has 0 spiro atoms. The van der Waals surface area contributed by atoms with Crippen LogP contribution in [0.15, 0.2) is 4.99 Å². The lowest BCUT2D eigenvalue weighted by Gasteiger charge is -2.45. The highest BCUT2D eigenvalue weighted by Crippen LogP contribution is 2.32. The van der Waals surface area contributed by atoms with Gasteiger partial charge in [-0.2, -0.15) is 0 Å². The SMILES string of the molecule is CN1C(=O)C[C@@](C)(C2CCOCC2)N/C1=N\C(=O)OC(C)(C)C. The number of nitrogens with one attached hydrogen (secondary N) is 1. The lowest BCUT2D eigenvalue weighted by atomic mass is 9.77. The molecule has 0 saturated carbocycles. The summed E-state index contributed by atoms with van der Waals surface area (Å²) < 4.78 is 10.6. The van der Waals surface area contributed by atoms with Crippen LogP contribution in [0.1, 0.15) is 47.0 Å². The third-order valence-electron chi connectivity index (χ3n) is 4.32. The first-order valence-electron chi connectivity index (χ1n) is 8.05. The Hall–Kier alpha value is -1.63. The molecule has 2 aliphatic rings. The number of hydrogen-bond acceptors (Lipinski definition) is 4. The molecule has 2 rings (SSSR count). The van der Waals surface area contributed by atoms with Crippen molar-refractivity contribution in [2.24, 2.45) is 10.9 Å². The molecule has 23 heavy (non-hydrogen) atoms. The number of ether oxygens (including phenoxy) is 2. The summed E-state index contributed by atoms with van der Waals surface area (Å²) in [5.74, 6) is 0.502. The minimum Gasteiger partial charge on any atom is -0.442 e. The van der Waals surface area contributed by atoms with Gasteiger partial charge in [-0.3, -0.25) is 9.69 Å². The Morgan fingerprint density at radius 3 is 2.57 bits per heavy atom. The summed E-state index contributed by atoms with van der Waals surface area (Å²) in [5, 5.41) is 3.30. The van der Waals surface area contributed by atoms with Gasteiger partial charge in [-0.25, -0.2) is 4.79 Å². The Morgan fingerprint density at radius 1 is 1.39 bits per heavy atom. The monoisotopic (exact) mass is 325 g/mol. The van der Waals surface area contributed by atoms with Crippen LogP contribution in [0.4, 0.5) is 4.79 Å². The molecule has 0 radical (unpaired) electrons. The third kappa shape index (κ3) is 4.43. The van der Waals surface area contributed by atoms with Crippen LogP contribution in [-0.4, -0.2) is 54.3 Å². The predicted octanol–water partition coefficient (Wildman–Crippen LogP) is 1.91. The van der Waals surface area contributed by atoms with Crippen LogP contribution in [-0.2, 0) is 14.3 Å². The molecule has 0 aromatic rings. The number of rotatable bonds is 1. The van der Waals surface area contributed by atoms with Gasteiger partial charge in [0.15, 0.2) is 0 Å². The molecule has 7 heteroatoms. The molecule has 2 saturated heterocycles. The van der Waals surface area contributed by atoms with Crippen LogP contribution in [0, 0.1) is 5.92 Å². The van der Waals surface area contributed by atoms with E-state index < -0.39 is 17.2 Å². The van der Waals surface area contributed by atoms with Gasteiger partial charge in [0.25, 0.3) is 0 Å². The molecule has 2 heterocycles. The topological polar surface area (TPSA) is 80.2 Å². The minimum absolute atomic E-state index is 0.0555. The normalized spacial score (nSPS) is 28.7. The van der Waals surface area contributed by atoms with Crippen molar-refractivity contribution < 1.29 is 19.1 Å². The Labute approximate surface area is 137 Å². The first kappa shape index (κ1) is 17.7. The molecule has 1 atom stereocenters. The van der Waals surface area contributed by atoms with Gasteiger partial charge in [-0.1, -0.05) is 0 Å². The van der Waals surface area contributed by atoms with E-state index in [1.165, 1.54) is 4.90 Å². The lowest BCUT2D eigenvalue weighted by molar-refractivity contribution is -0.130. The molecule has 1 N–H and O–H groups in total. The molecule has 7 nitrogen and oxygen atoms in total. The van der Waals surface area contributed by atoms with E-state index in [1.54, 1.807) is 27.8 Å². The van der Waals surface area contributed by atoms with Crippen molar-refractivity contribution in [2.45, 2.75) is 58.1 Å². The fourth-order valence-electron chi connectivity index (χ4n) is 2.99. The van der Waals surface area contributed by atoms with Gasteiger partial charge in [0.05, 0.1) is 6.42 Å². The smallest absolute Gasteiger partial charge is 0.437 e. The summed E-state index contributed by atoms with van der Waals surface area (Å²) in [6, 6.07) is 0. The Balaban J connectivity index is 2.18. The maximum atomic E-state index is 12.4. The molecule has 0 bridgehead atoms. The van der Waals surface area contributed by atoms with Crippen LogP contribution in [0.25, 0.3) is 0 Å². The summed E-state index contributed by atoms with van der Waals surface area (Å²) in [6.07, 6.45) is 1.46. The van der Waals surface area contributed by atoms with Gasteiger partial charge in [0.1, 0.15) is 5.60 Å². The highest BCUT2D eigenvalue weighted by Gasteiger charge is 2.43. The van der Waals surface area contributed by atoms with E-state index in [-0.39, 0.29) is 11.9 Å². The number of carbonyl (C=O) groups is 2. The summed E-state index contributed by atoms with van der Waals surface area (Å²) >= 11 is 0. The van der Waals surface area contributed by atoms with Crippen molar-refractivity contribution >= 4 is 18.0 Å². The quantitative estimate of drug-likeness (QED) is 0.796. The summed E-state index contributed by atoms with van der Waals surface area (Å²) in [5.41, 5.74) is -1.05. The van der Waals surface area contributed by atoms with Crippen LogP contribution in [0.5, 0.6) is 0 Å². The number of amides is 2. The second kappa shape index (κ2) is 6.47. The number of hydrogen-bond donors (Lipinski definition) is 1. The minimum atomic E-state index is -0.698. The second-order valence-electron chi connectivity index (χ2n) is 7.47. The standard InChI is InChI=1S/C16H27N3O4/c1-15(2,3)23-14(21)17-13-18-16(4,10-12(20)19(13)5)11-6-8-22-9-7-11/h11H,6-10H2,1-5H3,(H,17,18,21)/t16-/m0/s1. The summed E-state index contributed by atoms with van der Waals surface area (Å²) in [6.45, 7) is 8.74.